The second kappa shape index (κ2) is 6.67. The molecular weight excluding hydrogens is 379 g/mol. The van der Waals surface area contributed by atoms with Gasteiger partial charge in [0, 0.05) is 5.69 Å². The van der Waals surface area contributed by atoms with Gasteiger partial charge in [-0.2, -0.15) is 23.4 Å². The van der Waals surface area contributed by atoms with Crippen LogP contribution in [0.2, 0.25) is 10.6 Å². The molecule has 116 valence electrons. The number of benzene rings is 1. The topological polar surface area (TPSA) is 130 Å². The van der Waals surface area contributed by atoms with E-state index in [1.165, 1.54) is 12.1 Å². The van der Waals surface area contributed by atoms with Crippen LogP contribution in [0.25, 0.3) is 0 Å². The minimum absolute atomic E-state index is 0.0263. The number of halogens is 3. The molecule has 22 heavy (non-hydrogen) atoms. The second-order valence-corrected chi connectivity index (χ2v) is 5.87. The van der Waals surface area contributed by atoms with E-state index in [4.69, 9.17) is 39.5 Å². The molecule has 2 aromatic rings. The Hall–Kier alpha value is -1.59. The van der Waals surface area contributed by atoms with E-state index in [9.17, 15) is 8.42 Å². The average molecular weight is 384 g/mol. The van der Waals surface area contributed by atoms with E-state index in [0.29, 0.717) is 5.69 Å². The molecule has 0 aliphatic carbocycles. The third-order valence-corrected chi connectivity index (χ3v) is 3.53. The van der Waals surface area contributed by atoms with Crippen LogP contribution in [0, 0.1) is 0 Å². The van der Waals surface area contributed by atoms with Gasteiger partial charge in [0.05, 0.1) is 11.8 Å². The van der Waals surface area contributed by atoms with Gasteiger partial charge in [0.15, 0.2) is 0 Å². The lowest BCUT2D eigenvalue weighted by atomic mass is 10.3. The molecule has 0 fully saturated rings. The summed E-state index contributed by atoms with van der Waals surface area (Å²) in [5.41, 5.74) is 0.138. The van der Waals surface area contributed by atoms with Crippen molar-refractivity contribution in [2.45, 2.75) is 4.90 Å². The number of hydrogen-bond donors (Lipinski definition) is 2. The van der Waals surface area contributed by atoms with Gasteiger partial charge in [0.2, 0.25) is 16.5 Å². The van der Waals surface area contributed by atoms with Crippen LogP contribution < -0.4 is 5.32 Å². The van der Waals surface area contributed by atoms with Crippen LogP contribution in [0.3, 0.4) is 0 Å². The first kappa shape index (κ1) is 16.8. The third kappa shape index (κ3) is 4.21. The van der Waals surface area contributed by atoms with Crippen LogP contribution in [-0.4, -0.2) is 27.9 Å². The van der Waals surface area contributed by atoms with Crippen molar-refractivity contribution >= 4 is 62.4 Å². The molecule has 0 saturated heterocycles. The van der Waals surface area contributed by atoms with Gasteiger partial charge in [0.25, 0.3) is 10.1 Å². The molecule has 9 nitrogen and oxygen atoms in total. The van der Waals surface area contributed by atoms with Gasteiger partial charge in [-0.3, -0.25) is 4.55 Å². The largest absolute Gasteiger partial charge is 0.324 e. The zero-order valence-corrected chi connectivity index (χ0v) is 13.4. The summed E-state index contributed by atoms with van der Waals surface area (Å²) in [5, 5.41) is 5.87. The highest BCUT2D eigenvalue weighted by molar-refractivity contribution is 7.86. The Morgan fingerprint density at radius 2 is 1.77 bits per heavy atom. The molecule has 1 heterocycles. The zero-order chi connectivity index (χ0) is 16.3. The van der Waals surface area contributed by atoms with Gasteiger partial charge >= 0.3 is 0 Å². The van der Waals surface area contributed by atoms with E-state index in [2.05, 4.69) is 30.0 Å². The van der Waals surface area contributed by atoms with Gasteiger partial charge in [-0.15, -0.1) is 5.11 Å². The summed E-state index contributed by atoms with van der Waals surface area (Å²) in [7, 11) is -4.48. The Morgan fingerprint density at radius 3 is 2.32 bits per heavy atom. The standard InChI is InChI=1S/C9H5Cl3N6O3S/c10-7-14-8(11)16-9(15-7)13-4-1-2-6(22(19,20)21)5(3-4)17-18-12/h1-3H,(H,19,20,21)(H,13,14,15,16). The Kier molecular flexibility index (Phi) is 5.08. The van der Waals surface area contributed by atoms with Crippen LogP contribution in [0.5, 0.6) is 0 Å². The van der Waals surface area contributed by atoms with E-state index < -0.39 is 15.0 Å². The van der Waals surface area contributed by atoms with Crippen LogP contribution in [0.15, 0.2) is 32.8 Å². The average Bonchev–Trinajstić information content (AvgIpc) is 2.36. The second-order valence-electron chi connectivity index (χ2n) is 3.66. The first-order valence-corrected chi connectivity index (χ1v) is 7.80. The quantitative estimate of drug-likeness (QED) is 0.611. The van der Waals surface area contributed by atoms with Crippen LogP contribution in [0.4, 0.5) is 17.3 Å². The number of anilines is 2. The van der Waals surface area contributed by atoms with E-state index in [1.807, 2.05) is 0 Å². The fourth-order valence-corrected chi connectivity index (χ4v) is 2.49. The summed E-state index contributed by atoms with van der Waals surface area (Å²) in [6, 6.07) is 3.69. The molecule has 0 unspecified atom stereocenters. The molecular formula is C9H5Cl3N6O3S. The molecule has 13 heteroatoms. The van der Waals surface area contributed by atoms with Crippen molar-refractivity contribution in [1.82, 2.24) is 15.0 Å². The molecule has 1 aromatic heterocycles. The Labute approximate surface area is 139 Å². The van der Waals surface area contributed by atoms with Gasteiger partial charge in [-0.05, 0) is 41.4 Å². The Bertz CT molecular complexity index is 824. The molecule has 0 aliphatic rings. The number of rotatable bonds is 4. The smallest absolute Gasteiger partial charge is 0.296 e. The Morgan fingerprint density at radius 1 is 1.14 bits per heavy atom. The van der Waals surface area contributed by atoms with Crippen LogP contribution in [-0.2, 0) is 10.1 Å². The van der Waals surface area contributed by atoms with Gasteiger partial charge < -0.3 is 5.32 Å². The highest BCUT2D eigenvalue weighted by atomic mass is 35.5. The molecule has 0 spiro atoms. The van der Waals surface area contributed by atoms with Crippen molar-refractivity contribution in [3.05, 3.63) is 28.8 Å². The number of nitrogens with zero attached hydrogens (tertiary/aromatic N) is 5. The van der Waals surface area contributed by atoms with E-state index in [-0.39, 0.29) is 22.2 Å². The molecule has 0 saturated carbocycles. The Balaban J connectivity index is 2.43. The summed E-state index contributed by atoms with van der Waals surface area (Å²) in [6.07, 6.45) is 0. The van der Waals surface area contributed by atoms with Gasteiger partial charge in [-0.1, -0.05) is 4.63 Å². The monoisotopic (exact) mass is 382 g/mol. The molecule has 0 atom stereocenters. The number of aromatic nitrogens is 3. The van der Waals surface area contributed by atoms with Crippen molar-refractivity contribution in [1.29, 1.82) is 0 Å². The predicted molar refractivity (Wildman–Crippen MR) is 79.8 cm³/mol. The summed E-state index contributed by atoms with van der Waals surface area (Å²) in [5.74, 6) is 0.0263. The minimum atomic E-state index is -4.48. The van der Waals surface area contributed by atoms with Crippen molar-refractivity contribution in [2.24, 2.45) is 9.75 Å². The number of nitrogens with one attached hydrogen (secondary N) is 1. The van der Waals surface area contributed by atoms with Crippen LogP contribution in [0.1, 0.15) is 0 Å². The van der Waals surface area contributed by atoms with Crippen molar-refractivity contribution in [3.63, 3.8) is 0 Å². The lowest BCUT2D eigenvalue weighted by Gasteiger charge is -2.07. The van der Waals surface area contributed by atoms with E-state index in [1.54, 1.807) is 0 Å². The van der Waals surface area contributed by atoms with Crippen molar-refractivity contribution in [3.8, 4) is 0 Å². The molecule has 0 amide bonds. The summed E-state index contributed by atoms with van der Waals surface area (Å²) < 4.78 is 34.5. The highest BCUT2D eigenvalue weighted by Crippen LogP contribution is 2.29. The molecule has 2 N–H and O–H groups in total. The van der Waals surface area contributed by atoms with Crippen molar-refractivity contribution < 1.29 is 13.0 Å². The van der Waals surface area contributed by atoms with Gasteiger partial charge in [0.1, 0.15) is 10.6 Å². The van der Waals surface area contributed by atoms with Crippen LogP contribution >= 0.6 is 35.0 Å². The molecule has 2 rings (SSSR count). The normalized spacial score (nSPS) is 11.8. The predicted octanol–water partition coefficient (Wildman–Crippen LogP) is 3.41. The van der Waals surface area contributed by atoms with E-state index >= 15 is 0 Å². The first-order chi connectivity index (χ1) is 10.3. The minimum Gasteiger partial charge on any atom is -0.324 e. The summed E-state index contributed by atoms with van der Waals surface area (Å²) in [4.78, 5) is 10.7. The molecule has 1 aromatic carbocycles. The molecule has 0 radical (unpaired) electrons. The number of hydrogen-bond acceptors (Lipinski definition) is 8. The fraction of sp³-hybridized carbons (Fsp3) is 0. The van der Waals surface area contributed by atoms with Crippen molar-refractivity contribution in [2.75, 3.05) is 5.32 Å². The SMILES string of the molecule is O=S(=O)(O)c1ccc(Nc2nc(Cl)nc(Cl)n2)cc1N=NCl. The fourth-order valence-electron chi connectivity index (χ4n) is 1.44. The highest BCUT2D eigenvalue weighted by Gasteiger charge is 2.16. The lowest BCUT2D eigenvalue weighted by molar-refractivity contribution is 0.483. The maximum absolute atomic E-state index is 11.2. The third-order valence-electron chi connectivity index (χ3n) is 2.22. The zero-order valence-electron chi connectivity index (χ0n) is 10.3. The summed E-state index contributed by atoms with van der Waals surface area (Å²) in [6.45, 7) is 0. The molecule has 0 bridgehead atoms. The maximum atomic E-state index is 11.2. The first-order valence-electron chi connectivity index (χ1n) is 5.27. The van der Waals surface area contributed by atoms with E-state index in [0.717, 1.165) is 6.07 Å². The molecule has 0 aliphatic heterocycles. The van der Waals surface area contributed by atoms with Gasteiger partial charge in [-0.25, -0.2) is 0 Å². The lowest BCUT2D eigenvalue weighted by Crippen LogP contribution is -2.01. The summed E-state index contributed by atoms with van der Waals surface area (Å²) >= 11 is 16.4. The maximum Gasteiger partial charge on any atom is 0.296 e.